The molecule has 1 saturated carbocycles. The Labute approximate surface area is 163 Å². The zero-order valence-electron chi connectivity index (χ0n) is 14.4. The number of hydrogen-bond donors (Lipinski definition) is 0. The van der Waals surface area contributed by atoms with Crippen molar-refractivity contribution in [3.8, 4) is 0 Å². The first-order valence-electron chi connectivity index (χ1n) is 8.15. The highest BCUT2D eigenvalue weighted by molar-refractivity contribution is 9.10. The SMILES string of the molecule is COC(=O)[C@]1(c2cccc(Br)c2)C[C@H](OC(=O)c2ccc([N+](=O)[O-])cc2)C1. The van der Waals surface area contributed by atoms with E-state index >= 15 is 0 Å². The summed E-state index contributed by atoms with van der Waals surface area (Å²) >= 11 is 3.40. The Morgan fingerprint density at radius 3 is 2.41 bits per heavy atom. The first-order chi connectivity index (χ1) is 12.9. The van der Waals surface area contributed by atoms with Gasteiger partial charge in [-0.05, 0) is 29.8 Å². The normalized spacial score (nSPS) is 21.0. The number of carbonyl (C=O) groups is 2. The van der Waals surface area contributed by atoms with Gasteiger partial charge in [-0.2, -0.15) is 0 Å². The lowest BCUT2D eigenvalue weighted by Gasteiger charge is -2.44. The van der Waals surface area contributed by atoms with E-state index in [1.165, 1.54) is 31.4 Å². The van der Waals surface area contributed by atoms with E-state index in [1.54, 1.807) is 0 Å². The number of methoxy groups -OCH3 is 1. The van der Waals surface area contributed by atoms with Crippen molar-refractivity contribution in [1.29, 1.82) is 0 Å². The molecule has 0 unspecified atom stereocenters. The van der Waals surface area contributed by atoms with E-state index in [1.807, 2.05) is 24.3 Å². The zero-order chi connectivity index (χ0) is 19.6. The summed E-state index contributed by atoms with van der Waals surface area (Å²) in [5, 5.41) is 10.7. The maximum Gasteiger partial charge on any atom is 0.338 e. The Kier molecular flexibility index (Phi) is 5.27. The molecule has 27 heavy (non-hydrogen) atoms. The number of rotatable bonds is 5. The molecular weight excluding hydrogens is 418 g/mol. The highest BCUT2D eigenvalue weighted by Gasteiger charge is 2.54. The maximum atomic E-state index is 12.4. The molecule has 3 rings (SSSR count). The number of benzene rings is 2. The molecule has 0 heterocycles. The van der Waals surface area contributed by atoms with Gasteiger partial charge < -0.3 is 9.47 Å². The zero-order valence-corrected chi connectivity index (χ0v) is 16.0. The smallest absolute Gasteiger partial charge is 0.338 e. The molecule has 7 nitrogen and oxygen atoms in total. The fraction of sp³-hybridized carbons (Fsp3) is 0.263. The average Bonchev–Trinajstić information content (AvgIpc) is 2.63. The molecule has 2 aromatic rings. The van der Waals surface area contributed by atoms with Crippen LogP contribution in [0.3, 0.4) is 0 Å². The number of nitro groups is 1. The summed E-state index contributed by atoms with van der Waals surface area (Å²) in [6, 6.07) is 12.6. The molecule has 0 radical (unpaired) electrons. The maximum absolute atomic E-state index is 12.4. The lowest BCUT2D eigenvalue weighted by atomic mass is 9.62. The lowest BCUT2D eigenvalue weighted by molar-refractivity contribution is -0.384. The third-order valence-electron chi connectivity index (χ3n) is 4.69. The number of hydrogen-bond acceptors (Lipinski definition) is 6. The molecule has 0 N–H and O–H groups in total. The molecule has 1 aliphatic rings. The van der Waals surface area contributed by atoms with Gasteiger partial charge in [0.1, 0.15) is 6.10 Å². The monoisotopic (exact) mass is 433 g/mol. The number of ether oxygens (including phenoxy) is 2. The fourth-order valence-electron chi connectivity index (χ4n) is 3.24. The standard InChI is InChI=1S/C19H16BrNO6/c1-26-18(23)19(13-3-2-4-14(20)9-13)10-16(11-19)27-17(22)12-5-7-15(8-6-12)21(24)25/h2-9,16H,10-11H2,1H3/t16-,19+. The molecule has 0 atom stereocenters. The molecule has 0 bridgehead atoms. The molecule has 1 aliphatic carbocycles. The Balaban J connectivity index is 1.71. The van der Waals surface area contributed by atoms with Crippen LogP contribution in [0.4, 0.5) is 5.69 Å². The predicted octanol–water partition coefficient (Wildman–Crippen LogP) is 3.79. The predicted molar refractivity (Wildman–Crippen MR) is 99.4 cm³/mol. The Morgan fingerprint density at radius 2 is 1.85 bits per heavy atom. The number of esters is 2. The van der Waals surface area contributed by atoms with Crippen molar-refractivity contribution in [3.63, 3.8) is 0 Å². The van der Waals surface area contributed by atoms with Gasteiger partial charge in [0.2, 0.25) is 0 Å². The van der Waals surface area contributed by atoms with Crippen molar-refractivity contribution < 1.29 is 24.0 Å². The molecule has 0 aliphatic heterocycles. The van der Waals surface area contributed by atoms with Crippen LogP contribution in [0.5, 0.6) is 0 Å². The summed E-state index contributed by atoms with van der Waals surface area (Å²) in [5.74, 6) is -0.953. The topological polar surface area (TPSA) is 95.7 Å². The minimum absolute atomic E-state index is 0.102. The molecule has 0 amide bonds. The summed E-state index contributed by atoms with van der Waals surface area (Å²) in [4.78, 5) is 34.8. The first kappa shape index (κ1) is 19.0. The minimum atomic E-state index is -0.848. The molecule has 0 spiro atoms. The van der Waals surface area contributed by atoms with Gasteiger partial charge in [0, 0.05) is 29.4 Å². The lowest BCUT2D eigenvalue weighted by Crippen LogP contribution is -2.52. The third-order valence-corrected chi connectivity index (χ3v) is 5.19. The van der Waals surface area contributed by atoms with Crippen LogP contribution in [0, 0.1) is 10.1 Å². The number of non-ortho nitro benzene ring substituents is 1. The summed E-state index contributed by atoms with van der Waals surface area (Å²) in [7, 11) is 1.33. The van der Waals surface area contributed by atoms with Gasteiger partial charge in [0.05, 0.1) is 23.0 Å². The number of nitro benzene ring substituents is 1. The Bertz CT molecular complexity index is 889. The van der Waals surface area contributed by atoms with E-state index < -0.39 is 22.4 Å². The van der Waals surface area contributed by atoms with E-state index in [2.05, 4.69) is 15.9 Å². The van der Waals surface area contributed by atoms with Crippen molar-refractivity contribution in [1.82, 2.24) is 0 Å². The van der Waals surface area contributed by atoms with E-state index in [0.29, 0.717) is 12.8 Å². The number of halogens is 1. The number of carbonyl (C=O) groups excluding carboxylic acids is 2. The van der Waals surface area contributed by atoms with E-state index in [-0.39, 0.29) is 17.2 Å². The molecule has 2 aromatic carbocycles. The van der Waals surface area contributed by atoms with Gasteiger partial charge in [0.25, 0.3) is 5.69 Å². The summed E-state index contributed by atoms with van der Waals surface area (Å²) in [6.45, 7) is 0. The van der Waals surface area contributed by atoms with Crippen LogP contribution in [0.2, 0.25) is 0 Å². The van der Waals surface area contributed by atoms with Crippen LogP contribution < -0.4 is 0 Å². The van der Waals surface area contributed by atoms with Crippen molar-refractivity contribution >= 4 is 33.6 Å². The van der Waals surface area contributed by atoms with Gasteiger partial charge in [-0.25, -0.2) is 4.79 Å². The minimum Gasteiger partial charge on any atom is -0.468 e. The van der Waals surface area contributed by atoms with Gasteiger partial charge >= 0.3 is 11.9 Å². The summed E-state index contributed by atoms with van der Waals surface area (Å²) < 4.78 is 11.3. The highest BCUT2D eigenvalue weighted by atomic mass is 79.9. The summed E-state index contributed by atoms with van der Waals surface area (Å²) in [6.07, 6.45) is 0.190. The van der Waals surface area contributed by atoms with Crippen molar-refractivity contribution in [3.05, 3.63) is 74.2 Å². The van der Waals surface area contributed by atoms with Crippen molar-refractivity contribution in [2.75, 3.05) is 7.11 Å². The number of nitrogens with zero attached hydrogens (tertiary/aromatic N) is 1. The molecule has 1 fully saturated rings. The molecule has 0 saturated heterocycles. The molecule has 8 heteroatoms. The molecule has 0 aromatic heterocycles. The van der Waals surface area contributed by atoms with Crippen molar-refractivity contribution in [2.24, 2.45) is 0 Å². The second-order valence-electron chi connectivity index (χ2n) is 6.32. The second-order valence-corrected chi connectivity index (χ2v) is 7.24. The first-order valence-corrected chi connectivity index (χ1v) is 8.95. The Morgan fingerprint density at radius 1 is 1.19 bits per heavy atom. The van der Waals surface area contributed by atoms with E-state index in [4.69, 9.17) is 9.47 Å². The van der Waals surface area contributed by atoms with E-state index in [9.17, 15) is 19.7 Å². The van der Waals surface area contributed by atoms with Gasteiger partial charge in [-0.3, -0.25) is 14.9 Å². The molecular formula is C19H16BrNO6. The highest BCUT2D eigenvalue weighted by Crippen LogP contribution is 2.47. The van der Waals surface area contributed by atoms with Crippen LogP contribution >= 0.6 is 15.9 Å². The van der Waals surface area contributed by atoms with Crippen LogP contribution in [0.15, 0.2) is 53.0 Å². The van der Waals surface area contributed by atoms with Crippen LogP contribution in [0.25, 0.3) is 0 Å². The van der Waals surface area contributed by atoms with Crippen LogP contribution in [-0.2, 0) is 19.7 Å². The summed E-state index contributed by atoms with van der Waals surface area (Å²) in [5.41, 5.74) is 0.0680. The Hall–Kier alpha value is -2.74. The quantitative estimate of drug-likeness (QED) is 0.404. The van der Waals surface area contributed by atoms with Crippen LogP contribution in [-0.4, -0.2) is 30.1 Å². The third kappa shape index (κ3) is 3.71. The van der Waals surface area contributed by atoms with Gasteiger partial charge in [0.15, 0.2) is 0 Å². The van der Waals surface area contributed by atoms with Gasteiger partial charge in [-0.15, -0.1) is 0 Å². The average molecular weight is 434 g/mol. The second kappa shape index (κ2) is 7.48. The fourth-order valence-corrected chi connectivity index (χ4v) is 3.64. The largest absolute Gasteiger partial charge is 0.468 e. The van der Waals surface area contributed by atoms with Crippen LogP contribution in [0.1, 0.15) is 28.8 Å². The molecule has 140 valence electrons. The van der Waals surface area contributed by atoms with E-state index in [0.717, 1.165) is 10.0 Å². The van der Waals surface area contributed by atoms with Crippen molar-refractivity contribution in [2.45, 2.75) is 24.4 Å². The van der Waals surface area contributed by atoms with Gasteiger partial charge in [-0.1, -0.05) is 28.1 Å².